The van der Waals surface area contributed by atoms with Crippen LogP contribution in [0.4, 0.5) is 19.0 Å². The summed E-state index contributed by atoms with van der Waals surface area (Å²) >= 11 is 0.877. The highest BCUT2D eigenvalue weighted by molar-refractivity contribution is 7.99. The molecule has 1 saturated carbocycles. The highest BCUT2D eigenvalue weighted by atomic mass is 32.2. The molecule has 0 radical (unpaired) electrons. The van der Waals surface area contributed by atoms with E-state index in [2.05, 4.69) is 15.2 Å². The Morgan fingerprint density at radius 1 is 1.38 bits per heavy atom. The molecular weight excluding hydrogens is 307 g/mol. The molecule has 0 aliphatic heterocycles. The van der Waals surface area contributed by atoms with E-state index in [1.165, 1.54) is 4.57 Å². The molecule has 3 rings (SSSR count). The van der Waals surface area contributed by atoms with E-state index in [4.69, 9.17) is 5.73 Å². The summed E-state index contributed by atoms with van der Waals surface area (Å²) in [4.78, 5) is 15.5. The molecule has 2 heterocycles. The van der Waals surface area contributed by atoms with Crippen LogP contribution in [0.5, 0.6) is 0 Å². The fourth-order valence-corrected chi connectivity index (χ4v) is 2.80. The van der Waals surface area contributed by atoms with Crippen molar-refractivity contribution in [2.45, 2.75) is 35.2 Å². The van der Waals surface area contributed by atoms with Crippen molar-refractivity contribution in [1.82, 2.24) is 19.7 Å². The fraction of sp³-hybridized carbons (Fsp3) is 0.364. The van der Waals surface area contributed by atoms with E-state index < -0.39 is 11.7 Å². The smallest absolute Gasteiger partial charge is 0.384 e. The second-order valence-electron chi connectivity index (χ2n) is 4.63. The normalized spacial score (nSPS) is 15.4. The summed E-state index contributed by atoms with van der Waals surface area (Å²) in [7, 11) is 0. The Labute approximate surface area is 120 Å². The van der Waals surface area contributed by atoms with E-state index in [1.807, 2.05) is 0 Å². The number of pyridine rings is 1. The molecule has 2 aromatic heterocycles. The number of nitrogens with two attached hydrogens (primary N) is 1. The van der Waals surface area contributed by atoms with Crippen LogP contribution in [0.1, 0.15) is 24.4 Å². The average molecular weight is 317 g/mol. The van der Waals surface area contributed by atoms with Crippen LogP contribution in [0.25, 0.3) is 0 Å². The lowest BCUT2D eigenvalue weighted by molar-refractivity contribution is -0.137. The molecule has 1 fully saturated rings. The van der Waals surface area contributed by atoms with Gasteiger partial charge in [0.05, 0.1) is 5.56 Å². The quantitative estimate of drug-likeness (QED) is 0.904. The number of alkyl halides is 3. The van der Waals surface area contributed by atoms with Crippen molar-refractivity contribution in [1.29, 1.82) is 0 Å². The summed E-state index contributed by atoms with van der Waals surface area (Å²) in [6.07, 6.45) is -2.80. The number of H-pyrrole nitrogens is 1. The van der Waals surface area contributed by atoms with Gasteiger partial charge < -0.3 is 5.73 Å². The molecule has 0 unspecified atom stereocenters. The zero-order valence-electron chi connectivity index (χ0n) is 10.5. The van der Waals surface area contributed by atoms with Crippen molar-refractivity contribution in [3.8, 4) is 0 Å². The van der Waals surface area contributed by atoms with Crippen molar-refractivity contribution >= 4 is 17.6 Å². The van der Waals surface area contributed by atoms with Gasteiger partial charge in [-0.25, -0.2) is 14.9 Å². The lowest BCUT2D eigenvalue weighted by Gasteiger charge is -2.09. The molecule has 21 heavy (non-hydrogen) atoms. The summed E-state index contributed by atoms with van der Waals surface area (Å²) < 4.78 is 39.6. The predicted octanol–water partition coefficient (Wildman–Crippen LogP) is 2.05. The Hall–Kier alpha value is -1.97. The summed E-state index contributed by atoms with van der Waals surface area (Å²) in [5.41, 5.74) is 4.15. The van der Waals surface area contributed by atoms with Gasteiger partial charge in [-0.2, -0.15) is 13.2 Å². The van der Waals surface area contributed by atoms with Gasteiger partial charge in [0, 0.05) is 6.04 Å². The van der Waals surface area contributed by atoms with Crippen molar-refractivity contribution in [3.63, 3.8) is 0 Å². The first kappa shape index (κ1) is 14.0. The van der Waals surface area contributed by atoms with E-state index in [-0.39, 0.29) is 27.7 Å². The number of hydrogen-bond acceptors (Lipinski definition) is 5. The molecule has 1 aliphatic rings. The second-order valence-corrected chi connectivity index (χ2v) is 5.62. The van der Waals surface area contributed by atoms with E-state index in [0.29, 0.717) is 0 Å². The van der Waals surface area contributed by atoms with Gasteiger partial charge in [0.2, 0.25) is 0 Å². The van der Waals surface area contributed by atoms with Gasteiger partial charge >= 0.3 is 11.9 Å². The Kier molecular flexibility index (Phi) is 3.19. The molecule has 0 aromatic carbocycles. The van der Waals surface area contributed by atoms with Gasteiger partial charge in [0.15, 0.2) is 5.16 Å². The van der Waals surface area contributed by atoms with Crippen molar-refractivity contribution in [3.05, 3.63) is 28.2 Å². The minimum atomic E-state index is -4.51. The third-order valence-corrected chi connectivity index (χ3v) is 3.82. The molecule has 6 nitrogen and oxygen atoms in total. The van der Waals surface area contributed by atoms with Gasteiger partial charge in [0.25, 0.3) is 0 Å². The van der Waals surface area contributed by atoms with E-state index >= 15 is 0 Å². The molecule has 0 amide bonds. The van der Waals surface area contributed by atoms with Gasteiger partial charge in [-0.15, -0.1) is 5.10 Å². The highest BCUT2D eigenvalue weighted by Gasteiger charge is 2.32. The summed E-state index contributed by atoms with van der Waals surface area (Å²) in [5.74, 6) is -0.233. The van der Waals surface area contributed by atoms with E-state index in [1.54, 1.807) is 0 Å². The van der Waals surface area contributed by atoms with Crippen LogP contribution in [0.3, 0.4) is 0 Å². The number of rotatable bonds is 3. The largest absolute Gasteiger partial charge is 0.416 e. The van der Waals surface area contributed by atoms with Crippen LogP contribution in [-0.4, -0.2) is 19.7 Å². The number of nitrogen functional groups attached to an aromatic ring is 1. The van der Waals surface area contributed by atoms with E-state index in [0.717, 1.165) is 36.7 Å². The Bertz CT molecular complexity index is 734. The summed E-state index contributed by atoms with van der Waals surface area (Å²) in [6.45, 7) is 0. The molecule has 0 saturated heterocycles. The molecule has 0 spiro atoms. The molecule has 112 valence electrons. The van der Waals surface area contributed by atoms with Gasteiger partial charge in [-0.05, 0) is 36.7 Å². The molecular formula is C11H10F3N5OS. The van der Waals surface area contributed by atoms with Gasteiger partial charge in [-0.1, -0.05) is 0 Å². The number of nitrogens with one attached hydrogen (secondary N) is 1. The highest BCUT2D eigenvalue weighted by Crippen LogP contribution is 2.38. The standard InChI is InChI=1S/C11H10F3N5OS/c12-11(13,14)5-3-7(15)16-8(4-5)21-10-18-17-9(20)19(10)6-1-2-6/h3-4,6H,1-2H2,(H2,15,16)(H,17,20). The first-order chi connectivity index (χ1) is 9.84. The Morgan fingerprint density at radius 3 is 2.71 bits per heavy atom. The third kappa shape index (κ3) is 2.89. The van der Waals surface area contributed by atoms with Crippen molar-refractivity contribution in [2.75, 3.05) is 5.73 Å². The average Bonchev–Trinajstić information content (AvgIpc) is 3.13. The third-order valence-electron chi connectivity index (χ3n) is 2.93. The van der Waals surface area contributed by atoms with Crippen LogP contribution in [0, 0.1) is 0 Å². The molecule has 3 N–H and O–H groups in total. The molecule has 1 aliphatic carbocycles. The first-order valence-electron chi connectivity index (χ1n) is 6.04. The zero-order chi connectivity index (χ0) is 15.2. The molecule has 2 aromatic rings. The number of aromatic nitrogens is 4. The van der Waals surface area contributed by atoms with Crippen LogP contribution in [0.15, 0.2) is 27.1 Å². The predicted molar refractivity (Wildman–Crippen MR) is 68.9 cm³/mol. The van der Waals surface area contributed by atoms with Crippen LogP contribution in [0.2, 0.25) is 0 Å². The maximum Gasteiger partial charge on any atom is 0.416 e. The zero-order valence-corrected chi connectivity index (χ0v) is 11.3. The van der Waals surface area contributed by atoms with Gasteiger partial charge in [0.1, 0.15) is 10.8 Å². The molecule has 10 heteroatoms. The SMILES string of the molecule is Nc1cc(C(F)(F)F)cc(Sc2n[nH]c(=O)n2C2CC2)n1. The van der Waals surface area contributed by atoms with Crippen LogP contribution in [-0.2, 0) is 6.18 Å². The molecule has 0 bridgehead atoms. The second kappa shape index (κ2) is 4.79. The first-order valence-corrected chi connectivity index (χ1v) is 6.86. The maximum atomic E-state index is 12.7. The number of hydrogen-bond donors (Lipinski definition) is 2. The summed E-state index contributed by atoms with van der Waals surface area (Å²) in [6, 6.07) is 1.71. The topological polar surface area (TPSA) is 89.6 Å². The maximum absolute atomic E-state index is 12.7. The number of aromatic amines is 1. The minimum Gasteiger partial charge on any atom is -0.384 e. The van der Waals surface area contributed by atoms with Crippen LogP contribution < -0.4 is 11.4 Å². The number of halogens is 3. The Balaban J connectivity index is 1.95. The van der Waals surface area contributed by atoms with E-state index in [9.17, 15) is 18.0 Å². The van der Waals surface area contributed by atoms with Crippen LogP contribution >= 0.6 is 11.8 Å². The molecule has 0 atom stereocenters. The Morgan fingerprint density at radius 2 is 2.10 bits per heavy atom. The number of anilines is 1. The summed E-state index contributed by atoms with van der Waals surface area (Å²) in [5, 5.41) is 6.44. The monoisotopic (exact) mass is 317 g/mol. The fourth-order valence-electron chi connectivity index (χ4n) is 1.85. The minimum absolute atomic E-state index is 0.0447. The number of nitrogens with zero attached hydrogens (tertiary/aromatic N) is 3. The van der Waals surface area contributed by atoms with Gasteiger partial charge in [-0.3, -0.25) is 4.57 Å². The van der Waals surface area contributed by atoms with Crippen molar-refractivity contribution in [2.24, 2.45) is 0 Å². The lowest BCUT2D eigenvalue weighted by Crippen LogP contribution is -2.16. The lowest BCUT2D eigenvalue weighted by atomic mass is 10.2. The van der Waals surface area contributed by atoms with Crippen molar-refractivity contribution < 1.29 is 13.2 Å².